The van der Waals surface area contributed by atoms with Gasteiger partial charge in [0.25, 0.3) is 11.5 Å². The summed E-state index contributed by atoms with van der Waals surface area (Å²) >= 11 is 1.50. The van der Waals surface area contributed by atoms with Gasteiger partial charge in [0.1, 0.15) is 5.03 Å². The molecule has 0 atom stereocenters. The summed E-state index contributed by atoms with van der Waals surface area (Å²) in [6.45, 7) is 4.68. The number of rotatable bonds is 6. The van der Waals surface area contributed by atoms with Gasteiger partial charge < -0.3 is 5.32 Å². The van der Waals surface area contributed by atoms with Crippen molar-refractivity contribution < 1.29 is 4.79 Å². The van der Waals surface area contributed by atoms with Crippen molar-refractivity contribution in [3.05, 3.63) is 82.1 Å². The number of hydrogen-bond donors (Lipinski definition) is 1. The fraction of sp³-hybridized carbons (Fsp3) is 0.190. The molecule has 1 N–H and O–H groups in total. The van der Waals surface area contributed by atoms with E-state index in [2.05, 4.69) is 10.4 Å². The van der Waals surface area contributed by atoms with Crippen LogP contribution in [0.15, 0.2) is 75.4 Å². The number of benzene rings is 2. The van der Waals surface area contributed by atoms with Crippen LogP contribution < -0.4 is 10.9 Å². The molecule has 1 amide bonds. The van der Waals surface area contributed by atoms with Crippen LogP contribution in [0.5, 0.6) is 0 Å². The van der Waals surface area contributed by atoms with Crippen LogP contribution in [0.3, 0.4) is 0 Å². The third-order valence-corrected chi connectivity index (χ3v) is 4.86. The van der Waals surface area contributed by atoms with E-state index >= 15 is 0 Å². The minimum absolute atomic E-state index is 0.118. The number of nitrogens with one attached hydrogen (secondary N) is 1. The highest BCUT2D eigenvalue weighted by Crippen LogP contribution is 2.25. The van der Waals surface area contributed by atoms with E-state index in [1.165, 1.54) is 28.1 Å². The van der Waals surface area contributed by atoms with Crippen molar-refractivity contribution in [2.24, 2.45) is 0 Å². The lowest BCUT2D eigenvalue weighted by Gasteiger charge is -2.08. The molecule has 0 unspecified atom stereocenters. The van der Waals surface area contributed by atoms with Crippen molar-refractivity contribution in [2.45, 2.75) is 30.2 Å². The fourth-order valence-corrected chi connectivity index (χ4v) is 3.23. The van der Waals surface area contributed by atoms with Gasteiger partial charge in [-0.25, -0.2) is 0 Å². The molecule has 0 aliphatic rings. The highest BCUT2D eigenvalue weighted by molar-refractivity contribution is 7.99. The molecule has 1 heterocycles. The first-order valence-electron chi connectivity index (χ1n) is 8.80. The van der Waals surface area contributed by atoms with E-state index in [0.29, 0.717) is 17.8 Å². The molecule has 0 spiro atoms. The Morgan fingerprint density at radius 2 is 1.74 bits per heavy atom. The van der Waals surface area contributed by atoms with Crippen molar-refractivity contribution in [1.82, 2.24) is 15.1 Å². The highest BCUT2D eigenvalue weighted by Gasteiger charge is 2.08. The van der Waals surface area contributed by atoms with Crippen LogP contribution in [0.4, 0.5) is 0 Å². The lowest BCUT2D eigenvalue weighted by atomic mass is 10.2. The van der Waals surface area contributed by atoms with Gasteiger partial charge in [-0.15, -0.1) is 0 Å². The zero-order valence-electron chi connectivity index (χ0n) is 15.3. The van der Waals surface area contributed by atoms with Crippen LogP contribution in [0, 0.1) is 6.92 Å². The Kier molecular flexibility index (Phi) is 6.08. The predicted octanol–water partition coefficient (Wildman–Crippen LogP) is 3.83. The van der Waals surface area contributed by atoms with Gasteiger partial charge in [0, 0.05) is 23.1 Å². The first kappa shape index (κ1) is 18.9. The van der Waals surface area contributed by atoms with E-state index in [0.717, 1.165) is 16.3 Å². The first-order valence-corrected chi connectivity index (χ1v) is 9.62. The molecule has 0 saturated carbocycles. The predicted molar refractivity (Wildman–Crippen MR) is 108 cm³/mol. The molecule has 0 aliphatic heterocycles. The summed E-state index contributed by atoms with van der Waals surface area (Å²) in [5, 5.41) is 8.01. The number of carbonyl (C=O) groups is 1. The molecule has 0 saturated heterocycles. The first-order chi connectivity index (χ1) is 13.1. The van der Waals surface area contributed by atoms with Crippen LogP contribution in [-0.4, -0.2) is 22.2 Å². The minimum atomic E-state index is -0.216. The number of hydrogen-bond acceptors (Lipinski definition) is 4. The molecule has 1 aromatic heterocycles. The van der Waals surface area contributed by atoms with E-state index in [9.17, 15) is 9.59 Å². The summed E-state index contributed by atoms with van der Waals surface area (Å²) in [7, 11) is 0. The number of aryl methyl sites for hydroxylation is 1. The average Bonchev–Trinajstić information content (AvgIpc) is 2.69. The normalized spacial score (nSPS) is 10.6. The van der Waals surface area contributed by atoms with Gasteiger partial charge in [0.05, 0.1) is 5.69 Å². The number of carbonyl (C=O) groups excluding carboxylic acids is 1. The summed E-state index contributed by atoms with van der Waals surface area (Å²) in [4.78, 5) is 25.3. The van der Waals surface area contributed by atoms with Gasteiger partial charge in [-0.3, -0.25) is 9.59 Å². The second-order valence-corrected chi connectivity index (χ2v) is 7.23. The molecule has 5 nitrogen and oxygen atoms in total. The quantitative estimate of drug-likeness (QED) is 0.707. The third kappa shape index (κ3) is 4.86. The summed E-state index contributed by atoms with van der Waals surface area (Å²) in [6, 6.07) is 18.2. The van der Waals surface area contributed by atoms with Crippen molar-refractivity contribution >= 4 is 17.7 Å². The van der Waals surface area contributed by atoms with Gasteiger partial charge in [-0.05, 0) is 55.8 Å². The molecule has 0 radical (unpaired) electrons. The molecule has 3 aromatic rings. The van der Waals surface area contributed by atoms with Crippen molar-refractivity contribution in [3.63, 3.8) is 0 Å². The smallest absolute Gasteiger partial charge is 0.271 e. The summed E-state index contributed by atoms with van der Waals surface area (Å²) < 4.78 is 1.35. The van der Waals surface area contributed by atoms with Gasteiger partial charge in [0.15, 0.2) is 0 Å². The lowest BCUT2D eigenvalue weighted by Crippen LogP contribution is -2.24. The standard InChI is InChI=1S/C21H21N3O2S/c1-3-14-22-21(26)16-6-8-17(9-7-16)24-20(25)13-12-19(23-24)27-18-10-4-15(2)5-11-18/h4-13H,3,14H2,1-2H3,(H,22,26). The van der Waals surface area contributed by atoms with Gasteiger partial charge in [0.2, 0.25) is 0 Å². The Hall–Kier alpha value is -2.86. The maximum atomic E-state index is 12.2. The molecule has 0 aliphatic carbocycles. The maximum Gasteiger partial charge on any atom is 0.271 e. The van der Waals surface area contributed by atoms with Crippen LogP contribution in [-0.2, 0) is 0 Å². The second kappa shape index (κ2) is 8.68. The molecule has 6 heteroatoms. The molecular weight excluding hydrogens is 358 g/mol. The van der Waals surface area contributed by atoms with Crippen LogP contribution in [0.1, 0.15) is 29.3 Å². The molecule has 138 valence electrons. The van der Waals surface area contributed by atoms with Gasteiger partial charge in [-0.1, -0.05) is 36.4 Å². The molecule has 27 heavy (non-hydrogen) atoms. The number of nitrogens with zero attached hydrogens (tertiary/aromatic N) is 2. The van der Waals surface area contributed by atoms with E-state index in [-0.39, 0.29) is 11.5 Å². The third-order valence-electron chi connectivity index (χ3n) is 3.93. The Bertz CT molecular complexity index is 980. The topological polar surface area (TPSA) is 64.0 Å². The van der Waals surface area contributed by atoms with Crippen molar-refractivity contribution in [2.75, 3.05) is 6.54 Å². The fourth-order valence-electron chi connectivity index (χ4n) is 2.46. The summed E-state index contributed by atoms with van der Waals surface area (Å²) in [5.74, 6) is -0.118. The van der Waals surface area contributed by atoms with Crippen LogP contribution >= 0.6 is 11.8 Å². The SMILES string of the molecule is CCCNC(=O)c1ccc(-n2nc(Sc3ccc(C)cc3)ccc2=O)cc1. The molecule has 3 rings (SSSR count). The Balaban J connectivity index is 1.82. The van der Waals surface area contributed by atoms with Crippen LogP contribution in [0.2, 0.25) is 0 Å². The van der Waals surface area contributed by atoms with E-state index in [4.69, 9.17) is 0 Å². The Labute approximate surface area is 162 Å². The average molecular weight is 379 g/mol. The Morgan fingerprint density at radius 1 is 1.04 bits per heavy atom. The largest absolute Gasteiger partial charge is 0.352 e. The Morgan fingerprint density at radius 3 is 2.41 bits per heavy atom. The second-order valence-electron chi connectivity index (χ2n) is 6.14. The lowest BCUT2D eigenvalue weighted by molar-refractivity contribution is 0.0953. The molecular formula is C21H21N3O2S. The molecule has 0 fully saturated rings. The minimum Gasteiger partial charge on any atom is -0.352 e. The zero-order valence-corrected chi connectivity index (χ0v) is 16.1. The molecule has 0 bridgehead atoms. The molecule has 2 aromatic carbocycles. The van der Waals surface area contributed by atoms with Gasteiger partial charge >= 0.3 is 0 Å². The van der Waals surface area contributed by atoms with Crippen molar-refractivity contribution in [1.29, 1.82) is 0 Å². The summed E-state index contributed by atoms with van der Waals surface area (Å²) in [5.41, 5.74) is 2.16. The van der Waals surface area contributed by atoms with E-state index in [1.807, 2.05) is 38.1 Å². The summed E-state index contributed by atoms with van der Waals surface area (Å²) in [6.07, 6.45) is 0.884. The van der Waals surface area contributed by atoms with Crippen molar-refractivity contribution in [3.8, 4) is 5.69 Å². The van der Waals surface area contributed by atoms with Crippen LogP contribution in [0.25, 0.3) is 5.69 Å². The highest BCUT2D eigenvalue weighted by atomic mass is 32.2. The van der Waals surface area contributed by atoms with E-state index in [1.54, 1.807) is 30.3 Å². The van der Waals surface area contributed by atoms with E-state index < -0.39 is 0 Å². The zero-order chi connectivity index (χ0) is 19.2. The monoisotopic (exact) mass is 379 g/mol. The van der Waals surface area contributed by atoms with Gasteiger partial charge in [-0.2, -0.15) is 9.78 Å². The maximum absolute atomic E-state index is 12.2. The number of amides is 1. The number of aromatic nitrogens is 2.